The van der Waals surface area contributed by atoms with Crippen molar-refractivity contribution < 1.29 is 9.18 Å². The Balaban J connectivity index is 2.05. The van der Waals surface area contributed by atoms with E-state index in [-0.39, 0.29) is 5.69 Å². The van der Waals surface area contributed by atoms with Gasteiger partial charge in [0.15, 0.2) is 5.69 Å². The predicted molar refractivity (Wildman–Crippen MR) is 103 cm³/mol. The van der Waals surface area contributed by atoms with Crippen molar-refractivity contribution in [2.24, 2.45) is 0 Å². The number of anilines is 1. The number of rotatable bonds is 4. The first-order valence-electron chi connectivity index (χ1n) is 8.35. The Hall–Kier alpha value is -2.99. The summed E-state index contributed by atoms with van der Waals surface area (Å²) in [7, 11) is 0. The Bertz CT molecular complexity index is 1030. The molecule has 138 valence electrons. The van der Waals surface area contributed by atoms with Crippen molar-refractivity contribution in [1.29, 1.82) is 0 Å². The van der Waals surface area contributed by atoms with Crippen molar-refractivity contribution in [1.82, 2.24) is 9.78 Å². The molecule has 3 rings (SSSR count). The van der Waals surface area contributed by atoms with Gasteiger partial charge in [0.2, 0.25) is 5.43 Å². The standard InChI is InChI=1S/C20H17ClFN3O2/c1-3-24(16-10-6-15(22)7-11-16)20(27)19-18(26)12-13(2)25(23-19)17-8-4-14(21)5-9-17/h4-12H,3H2,1-2H3. The van der Waals surface area contributed by atoms with Gasteiger partial charge in [-0.15, -0.1) is 0 Å². The fourth-order valence-electron chi connectivity index (χ4n) is 2.73. The molecule has 27 heavy (non-hydrogen) atoms. The summed E-state index contributed by atoms with van der Waals surface area (Å²) < 4.78 is 14.7. The van der Waals surface area contributed by atoms with E-state index in [0.717, 1.165) is 0 Å². The van der Waals surface area contributed by atoms with Crippen LogP contribution in [-0.4, -0.2) is 22.2 Å². The number of hydrogen-bond donors (Lipinski definition) is 0. The molecule has 0 aliphatic carbocycles. The smallest absolute Gasteiger partial charge is 0.282 e. The maximum absolute atomic E-state index is 13.2. The van der Waals surface area contributed by atoms with Crippen LogP contribution >= 0.6 is 11.6 Å². The number of benzene rings is 2. The van der Waals surface area contributed by atoms with E-state index in [0.29, 0.717) is 28.6 Å². The maximum atomic E-state index is 13.2. The van der Waals surface area contributed by atoms with Crippen LogP contribution in [-0.2, 0) is 0 Å². The monoisotopic (exact) mass is 385 g/mol. The second-order valence-corrected chi connectivity index (χ2v) is 6.35. The number of aryl methyl sites for hydroxylation is 1. The van der Waals surface area contributed by atoms with E-state index < -0.39 is 17.2 Å². The minimum atomic E-state index is -0.545. The first-order valence-corrected chi connectivity index (χ1v) is 8.73. The van der Waals surface area contributed by atoms with Crippen molar-refractivity contribution in [3.63, 3.8) is 0 Å². The van der Waals surface area contributed by atoms with E-state index in [1.165, 1.54) is 39.9 Å². The molecule has 0 N–H and O–H groups in total. The van der Waals surface area contributed by atoms with Crippen LogP contribution < -0.4 is 10.3 Å². The van der Waals surface area contributed by atoms with Gasteiger partial charge in [0.1, 0.15) is 5.82 Å². The molecule has 0 radical (unpaired) electrons. The summed E-state index contributed by atoms with van der Waals surface area (Å²) in [4.78, 5) is 26.8. The molecule has 2 aromatic carbocycles. The average Bonchev–Trinajstić information content (AvgIpc) is 2.65. The Morgan fingerprint density at radius 2 is 1.78 bits per heavy atom. The zero-order chi connectivity index (χ0) is 19.6. The lowest BCUT2D eigenvalue weighted by atomic mass is 10.2. The fourth-order valence-corrected chi connectivity index (χ4v) is 2.86. The first kappa shape index (κ1) is 18.8. The molecule has 0 saturated carbocycles. The van der Waals surface area contributed by atoms with Crippen LogP contribution in [0.2, 0.25) is 5.02 Å². The van der Waals surface area contributed by atoms with Crippen molar-refractivity contribution in [2.45, 2.75) is 13.8 Å². The van der Waals surface area contributed by atoms with E-state index in [1.807, 2.05) is 0 Å². The zero-order valence-corrected chi connectivity index (χ0v) is 15.6. The third-order valence-corrected chi connectivity index (χ3v) is 4.33. The second kappa shape index (κ2) is 7.72. The highest BCUT2D eigenvalue weighted by molar-refractivity contribution is 6.30. The summed E-state index contributed by atoms with van der Waals surface area (Å²) in [5.74, 6) is -0.947. The summed E-state index contributed by atoms with van der Waals surface area (Å²) >= 11 is 5.92. The Kier molecular flexibility index (Phi) is 5.37. The number of aromatic nitrogens is 2. The SMILES string of the molecule is CCN(C(=O)c1nn(-c2ccc(Cl)cc2)c(C)cc1=O)c1ccc(F)cc1. The van der Waals surface area contributed by atoms with Gasteiger partial charge >= 0.3 is 0 Å². The van der Waals surface area contributed by atoms with Crippen molar-refractivity contribution in [3.8, 4) is 5.69 Å². The number of carbonyl (C=O) groups excluding carboxylic acids is 1. The van der Waals surface area contributed by atoms with E-state index >= 15 is 0 Å². The molecule has 0 fully saturated rings. The van der Waals surface area contributed by atoms with Crippen molar-refractivity contribution in [2.75, 3.05) is 11.4 Å². The van der Waals surface area contributed by atoms with Gasteiger partial charge < -0.3 is 4.90 Å². The molecular weight excluding hydrogens is 369 g/mol. The van der Waals surface area contributed by atoms with Gasteiger partial charge in [0.25, 0.3) is 5.91 Å². The number of hydrogen-bond acceptors (Lipinski definition) is 3. The average molecular weight is 386 g/mol. The van der Waals surface area contributed by atoms with Crippen molar-refractivity contribution in [3.05, 3.63) is 87.0 Å². The maximum Gasteiger partial charge on any atom is 0.282 e. The molecule has 0 aliphatic heterocycles. The Labute approximate surface area is 160 Å². The molecule has 0 unspecified atom stereocenters. The number of amides is 1. The van der Waals surface area contributed by atoms with Gasteiger partial charge in [-0.3, -0.25) is 9.59 Å². The fraction of sp³-hybridized carbons (Fsp3) is 0.150. The molecule has 1 amide bonds. The molecule has 1 heterocycles. The predicted octanol–water partition coefficient (Wildman–Crippen LogP) is 4.00. The number of nitrogens with zero attached hydrogens (tertiary/aromatic N) is 3. The molecular formula is C20H17ClFN3O2. The van der Waals surface area contributed by atoms with Crippen LogP contribution in [0.15, 0.2) is 59.4 Å². The van der Waals surface area contributed by atoms with Crippen LogP contribution in [0.1, 0.15) is 23.1 Å². The lowest BCUT2D eigenvalue weighted by Gasteiger charge is -2.21. The lowest BCUT2D eigenvalue weighted by Crippen LogP contribution is -2.36. The van der Waals surface area contributed by atoms with Crippen LogP contribution in [0.25, 0.3) is 5.69 Å². The van der Waals surface area contributed by atoms with Crippen LogP contribution in [0.4, 0.5) is 10.1 Å². The minimum Gasteiger partial charge on any atom is -0.307 e. The summed E-state index contributed by atoms with van der Waals surface area (Å²) in [6.07, 6.45) is 0. The third-order valence-electron chi connectivity index (χ3n) is 4.08. The molecule has 5 nitrogen and oxygen atoms in total. The molecule has 0 bridgehead atoms. The largest absolute Gasteiger partial charge is 0.307 e. The minimum absolute atomic E-state index is 0.207. The van der Waals surface area contributed by atoms with Gasteiger partial charge in [-0.25, -0.2) is 9.07 Å². The van der Waals surface area contributed by atoms with Gasteiger partial charge in [-0.2, -0.15) is 5.10 Å². The Morgan fingerprint density at radius 3 is 2.37 bits per heavy atom. The molecule has 1 aromatic heterocycles. The van der Waals surface area contributed by atoms with Crippen LogP contribution in [0.5, 0.6) is 0 Å². The van der Waals surface area contributed by atoms with E-state index in [4.69, 9.17) is 11.6 Å². The van der Waals surface area contributed by atoms with Crippen LogP contribution in [0, 0.1) is 12.7 Å². The molecule has 0 atom stereocenters. The van der Waals surface area contributed by atoms with E-state index in [9.17, 15) is 14.0 Å². The normalized spacial score (nSPS) is 10.7. The second-order valence-electron chi connectivity index (χ2n) is 5.91. The highest BCUT2D eigenvalue weighted by Crippen LogP contribution is 2.17. The van der Waals surface area contributed by atoms with E-state index in [1.54, 1.807) is 38.1 Å². The summed E-state index contributed by atoms with van der Waals surface area (Å²) in [6, 6.07) is 13.8. The van der Waals surface area contributed by atoms with Crippen molar-refractivity contribution >= 4 is 23.2 Å². The third kappa shape index (κ3) is 3.90. The summed E-state index contributed by atoms with van der Waals surface area (Å²) in [5.41, 5.74) is 1.08. The number of carbonyl (C=O) groups is 1. The number of halogens is 2. The lowest BCUT2D eigenvalue weighted by molar-refractivity contribution is 0.0980. The summed E-state index contributed by atoms with van der Waals surface area (Å²) in [6.45, 7) is 3.81. The molecule has 3 aromatic rings. The van der Waals surface area contributed by atoms with E-state index in [2.05, 4.69) is 5.10 Å². The van der Waals surface area contributed by atoms with Gasteiger partial charge in [0, 0.05) is 29.0 Å². The topological polar surface area (TPSA) is 55.2 Å². The van der Waals surface area contributed by atoms with Gasteiger partial charge in [0.05, 0.1) is 5.69 Å². The summed E-state index contributed by atoms with van der Waals surface area (Å²) in [5, 5.41) is 4.85. The quantitative estimate of drug-likeness (QED) is 0.682. The van der Waals surface area contributed by atoms with Gasteiger partial charge in [-0.05, 0) is 62.4 Å². The zero-order valence-electron chi connectivity index (χ0n) is 14.8. The van der Waals surface area contributed by atoms with Crippen LogP contribution in [0.3, 0.4) is 0 Å². The first-order chi connectivity index (χ1) is 12.9. The molecule has 0 saturated heterocycles. The molecule has 0 spiro atoms. The molecule has 0 aliphatic rings. The van der Waals surface area contributed by atoms with Gasteiger partial charge in [-0.1, -0.05) is 11.6 Å². The highest BCUT2D eigenvalue weighted by Gasteiger charge is 2.22. The molecule has 7 heteroatoms. The Morgan fingerprint density at radius 1 is 1.15 bits per heavy atom. The highest BCUT2D eigenvalue weighted by atomic mass is 35.5.